The number of halogens is 3. The summed E-state index contributed by atoms with van der Waals surface area (Å²) in [5.74, 6) is 6.79. The molecule has 2 N–H and O–H groups in total. The number of carbonyl (C=O) groups is 1. The number of aromatic nitrogens is 2. The van der Waals surface area contributed by atoms with Crippen LogP contribution in [0.15, 0.2) is 41.3 Å². The highest BCUT2D eigenvalue weighted by molar-refractivity contribution is 8.00. The molecule has 2 atom stereocenters. The van der Waals surface area contributed by atoms with E-state index < -0.39 is 5.51 Å². The normalized spacial score (nSPS) is 16.8. The van der Waals surface area contributed by atoms with E-state index in [1.807, 2.05) is 32.1 Å². The van der Waals surface area contributed by atoms with Gasteiger partial charge in [0.2, 0.25) is 0 Å². The van der Waals surface area contributed by atoms with Crippen LogP contribution in [-0.4, -0.2) is 92.2 Å². The quantitative estimate of drug-likeness (QED) is 0.193. The van der Waals surface area contributed by atoms with Crippen LogP contribution in [0.3, 0.4) is 0 Å². The second kappa shape index (κ2) is 15.2. The van der Waals surface area contributed by atoms with Crippen molar-refractivity contribution in [2.24, 2.45) is 0 Å². The summed E-state index contributed by atoms with van der Waals surface area (Å²) in [5.41, 5.74) is -3.01. The Balaban J connectivity index is 0.00000114. The molecule has 0 saturated heterocycles. The van der Waals surface area contributed by atoms with Gasteiger partial charge in [0.05, 0.1) is 29.8 Å². The average Bonchev–Trinajstić information content (AvgIpc) is 3.27. The van der Waals surface area contributed by atoms with Gasteiger partial charge in [0.15, 0.2) is 0 Å². The van der Waals surface area contributed by atoms with E-state index in [1.54, 1.807) is 30.3 Å². The molecule has 1 aliphatic rings. The smallest absolute Gasteiger partial charge is 0.446 e. The maximum atomic E-state index is 13.5. The van der Waals surface area contributed by atoms with Crippen LogP contribution in [0.2, 0.25) is 0 Å². The molecule has 4 rings (SSSR count). The van der Waals surface area contributed by atoms with E-state index in [4.69, 9.17) is 4.74 Å². The summed E-state index contributed by atoms with van der Waals surface area (Å²) in [4.78, 5) is 15.2. The van der Waals surface area contributed by atoms with E-state index in [2.05, 4.69) is 46.6 Å². The number of rotatable bonds is 8. The molecule has 1 aliphatic carbocycles. The number of nitrogens with zero attached hydrogens (tertiary/aromatic N) is 4. The number of pyridine rings is 1. The van der Waals surface area contributed by atoms with Gasteiger partial charge in [-0.25, -0.2) is 4.52 Å². The Morgan fingerprint density at radius 1 is 1.17 bits per heavy atom. The fourth-order valence-electron chi connectivity index (χ4n) is 4.62. The second-order valence-electron chi connectivity index (χ2n) is 10.6. The first-order chi connectivity index (χ1) is 19.9. The maximum absolute atomic E-state index is 13.5. The predicted molar refractivity (Wildman–Crippen MR) is 164 cm³/mol. The highest BCUT2D eigenvalue weighted by atomic mass is 32.2. The van der Waals surface area contributed by atoms with Gasteiger partial charge in [-0.3, -0.25) is 4.79 Å². The zero-order valence-corrected chi connectivity index (χ0v) is 25.7. The van der Waals surface area contributed by atoms with Crippen LogP contribution >= 0.6 is 11.8 Å². The molecular formula is C30H39F3N6O2S. The third-order valence-corrected chi connectivity index (χ3v) is 7.33. The van der Waals surface area contributed by atoms with Gasteiger partial charge >= 0.3 is 5.51 Å². The topological polar surface area (TPSA) is 74.1 Å². The Hall–Kier alpha value is -3.40. The lowest BCUT2D eigenvalue weighted by Gasteiger charge is -2.34. The van der Waals surface area contributed by atoms with Gasteiger partial charge in [0, 0.05) is 17.6 Å². The number of fused-ring (bicyclic) bond motifs is 1. The van der Waals surface area contributed by atoms with Crippen LogP contribution in [0.5, 0.6) is 5.75 Å². The van der Waals surface area contributed by atoms with Gasteiger partial charge in [-0.2, -0.15) is 18.3 Å². The van der Waals surface area contributed by atoms with Gasteiger partial charge in [-0.05, 0) is 109 Å². The summed E-state index contributed by atoms with van der Waals surface area (Å²) in [6, 6.07) is 10.7. The van der Waals surface area contributed by atoms with Crippen molar-refractivity contribution in [2.45, 2.75) is 48.2 Å². The molecular weight excluding hydrogens is 565 g/mol. The van der Waals surface area contributed by atoms with Crippen molar-refractivity contribution in [3.8, 4) is 17.6 Å². The molecule has 0 amide bonds. The zero-order valence-electron chi connectivity index (χ0n) is 24.9. The number of methoxy groups -OCH3 is 1. The Morgan fingerprint density at radius 2 is 1.90 bits per heavy atom. The highest BCUT2D eigenvalue weighted by Crippen LogP contribution is 2.41. The van der Waals surface area contributed by atoms with E-state index in [-0.39, 0.29) is 34.9 Å². The van der Waals surface area contributed by atoms with Crippen molar-refractivity contribution >= 4 is 35.1 Å². The van der Waals surface area contributed by atoms with Gasteiger partial charge in [-0.15, -0.1) is 0 Å². The van der Waals surface area contributed by atoms with Crippen LogP contribution in [0.25, 0.3) is 5.52 Å². The minimum Gasteiger partial charge on any atom is -0.495 e. The second-order valence-corrected chi connectivity index (χ2v) is 11.7. The number of thioether (sulfide) groups is 1. The number of anilines is 2. The lowest BCUT2D eigenvalue weighted by Crippen LogP contribution is -2.38. The summed E-state index contributed by atoms with van der Waals surface area (Å²) < 4.78 is 47.2. The third-order valence-electron chi connectivity index (χ3n) is 6.49. The molecule has 3 aromatic rings. The van der Waals surface area contributed by atoms with Crippen LogP contribution in [0, 0.1) is 11.8 Å². The maximum Gasteiger partial charge on any atom is 0.446 e. The number of hydrogen-bond acceptors (Lipinski definition) is 8. The first-order valence-electron chi connectivity index (χ1n) is 13.6. The molecule has 2 heterocycles. The monoisotopic (exact) mass is 604 g/mol. The fourth-order valence-corrected chi connectivity index (χ4v) is 5.30. The summed E-state index contributed by atoms with van der Waals surface area (Å²) in [5, 5.41) is 11.1. The van der Waals surface area contributed by atoms with E-state index in [1.165, 1.54) is 11.6 Å². The van der Waals surface area contributed by atoms with E-state index in [0.717, 1.165) is 25.7 Å². The fraction of sp³-hybridized carbons (Fsp3) is 0.467. The molecule has 0 aliphatic heterocycles. The van der Waals surface area contributed by atoms with Crippen LogP contribution in [0.4, 0.5) is 24.7 Å². The van der Waals surface area contributed by atoms with Crippen molar-refractivity contribution in [1.29, 1.82) is 0 Å². The standard InChI is InChI=1S/C27H30F3N5O2S.C3H9N/c1-34(2)20-8-4-7-19(16-20)32-25-11-5-10-23-26(38-27(28,29)30)22(33-35(23)25)9-6-14-31-21-13-12-18(17-36)15-24(21)37-3;1-4(2)3/h5,10-13,15,17,19-20,31-32H,4,7-8,14,16H2,1-3H3;1-3H3. The minimum atomic E-state index is -4.49. The zero-order chi connectivity index (χ0) is 30.9. The van der Waals surface area contributed by atoms with Crippen LogP contribution < -0.4 is 15.4 Å². The minimum absolute atomic E-state index is 0.0311. The number of aldehydes is 1. The molecule has 1 fully saturated rings. The molecule has 2 aromatic heterocycles. The first kappa shape index (κ1) is 33.1. The summed E-state index contributed by atoms with van der Waals surface area (Å²) >= 11 is -0.207. The van der Waals surface area contributed by atoms with Gasteiger partial charge in [0.25, 0.3) is 0 Å². The van der Waals surface area contributed by atoms with Gasteiger partial charge in [-0.1, -0.05) is 12.0 Å². The Kier molecular flexibility index (Phi) is 12.0. The molecule has 228 valence electrons. The first-order valence-corrected chi connectivity index (χ1v) is 14.4. The predicted octanol–water partition coefficient (Wildman–Crippen LogP) is 5.69. The molecule has 0 spiro atoms. The van der Waals surface area contributed by atoms with E-state index in [0.29, 0.717) is 40.7 Å². The number of alkyl halides is 3. The van der Waals surface area contributed by atoms with Gasteiger partial charge < -0.3 is 25.2 Å². The van der Waals surface area contributed by atoms with E-state index in [9.17, 15) is 18.0 Å². The molecule has 42 heavy (non-hydrogen) atoms. The number of nitrogens with one attached hydrogen (secondary N) is 2. The van der Waals surface area contributed by atoms with Gasteiger partial charge in [0.1, 0.15) is 23.5 Å². The van der Waals surface area contributed by atoms with Crippen molar-refractivity contribution in [2.75, 3.05) is 59.5 Å². The molecule has 0 radical (unpaired) electrons. The lowest BCUT2D eigenvalue weighted by molar-refractivity contribution is -0.0327. The average molecular weight is 605 g/mol. The molecule has 8 nitrogen and oxygen atoms in total. The van der Waals surface area contributed by atoms with Crippen LogP contribution in [-0.2, 0) is 0 Å². The molecule has 1 aromatic carbocycles. The number of benzene rings is 1. The lowest BCUT2D eigenvalue weighted by atomic mass is 9.90. The third kappa shape index (κ3) is 9.58. The van der Waals surface area contributed by atoms with E-state index >= 15 is 0 Å². The molecule has 0 bridgehead atoms. The molecule has 12 heteroatoms. The Morgan fingerprint density at radius 3 is 2.55 bits per heavy atom. The van der Waals surface area contributed by atoms with Crippen molar-refractivity contribution < 1.29 is 22.7 Å². The largest absolute Gasteiger partial charge is 0.495 e. The summed E-state index contributed by atoms with van der Waals surface area (Å²) in [6.07, 6.45) is 4.86. The van der Waals surface area contributed by atoms with Crippen molar-refractivity contribution in [3.05, 3.63) is 47.7 Å². The Bertz CT molecular complexity index is 1390. The Labute approximate surface area is 250 Å². The molecule has 2 unspecified atom stereocenters. The highest BCUT2D eigenvalue weighted by Gasteiger charge is 2.33. The number of carbonyl (C=O) groups excluding carboxylic acids is 1. The molecule has 1 saturated carbocycles. The summed E-state index contributed by atoms with van der Waals surface area (Å²) in [6.45, 7) is 0.139. The van der Waals surface area contributed by atoms with Crippen LogP contribution in [0.1, 0.15) is 41.7 Å². The van der Waals surface area contributed by atoms with Crippen molar-refractivity contribution in [1.82, 2.24) is 19.4 Å². The van der Waals surface area contributed by atoms with Crippen molar-refractivity contribution in [3.63, 3.8) is 0 Å². The number of ether oxygens (including phenoxy) is 1. The number of hydrogen-bond donors (Lipinski definition) is 2. The SMILES string of the molecule is CN(C)C.COc1cc(C=O)ccc1NCC#Cc1nn2c(NC3CCCC(N(C)C)C3)cccc2c1SC(F)(F)F. The summed E-state index contributed by atoms with van der Waals surface area (Å²) in [7, 11) is 11.6.